The van der Waals surface area contributed by atoms with E-state index in [4.69, 9.17) is 14.2 Å². The van der Waals surface area contributed by atoms with E-state index in [1.165, 1.54) is 56.9 Å². The molecule has 5 heteroatoms. The smallest absolute Gasteiger partial charge is 0.311 e. The average Bonchev–Trinajstić information content (AvgIpc) is 3.58. The lowest BCUT2D eigenvalue weighted by Gasteiger charge is -2.38. The van der Waals surface area contributed by atoms with Crippen molar-refractivity contribution in [2.45, 2.75) is 157 Å². The van der Waals surface area contributed by atoms with Crippen LogP contribution < -0.4 is 9.47 Å². The fourth-order valence-corrected chi connectivity index (χ4v) is 6.18. The van der Waals surface area contributed by atoms with Crippen molar-refractivity contribution in [3.8, 4) is 11.5 Å². The number of hydrogen-bond acceptors (Lipinski definition) is 5. The first kappa shape index (κ1) is 31.9. The van der Waals surface area contributed by atoms with Gasteiger partial charge in [0.05, 0.1) is 0 Å². The fourth-order valence-electron chi connectivity index (χ4n) is 6.18. The second-order valence-corrected chi connectivity index (χ2v) is 13.5. The van der Waals surface area contributed by atoms with Gasteiger partial charge in [-0.25, -0.2) is 0 Å². The molecule has 1 N–H and O–H groups in total. The van der Waals surface area contributed by atoms with Gasteiger partial charge in [0.2, 0.25) is 0 Å². The van der Waals surface area contributed by atoms with Crippen molar-refractivity contribution in [2.24, 2.45) is 17.8 Å². The van der Waals surface area contributed by atoms with Gasteiger partial charge in [0.15, 0.2) is 6.29 Å². The molecule has 3 rings (SSSR count). The van der Waals surface area contributed by atoms with E-state index in [1.54, 1.807) is 0 Å². The highest BCUT2D eigenvalue weighted by molar-refractivity contribution is 5.74. The first-order chi connectivity index (χ1) is 18.4. The van der Waals surface area contributed by atoms with Gasteiger partial charge in [-0.3, -0.25) is 4.79 Å². The Bertz CT molecular complexity index is 954. The largest absolute Gasteiger partial charge is 0.487 e. The number of benzene rings is 1. The monoisotopic (exact) mass is 544 g/mol. The summed E-state index contributed by atoms with van der Waals surface area (Å²) in [6, 6.07) is 0. The van der Waals surface area contributed by atoms with E-state index in [0.717, 1.165) is 59.5 Å². The van der Waals surface area contributed by atoms with Crippen LogP contribution in [0.3, 0.4) is 0 Å². The molecule has 2 heterocycles. The third-order valence-electron chi connectivity index (χ3n) is 9.24. The van der Waals surface area contributed by atoms with Crippen LogP contribution in [0.15, 0.2) is 0 Å². The molecular weight excluding hydrogens is 488 g/mol. The molecule has 0 saturated carbocycles. The summed E-state index contributed by atoms with van der Waals surface area (Å²) in [5, 5.41) is 9.31. The first-order valence-corrected chi connectivity index (χ1v) is 15.8. The number of carbonyl (C=O) groups excluding carboxylic acids is 1. The highest BCUT2D eigenvalue weighted by atomic mass is 16.7. The Morgan fingerprint density at radius 1 is 0.949 bits per heavy atom. The predicted octanol–water partition coefficient (Wildman–Crippen LogP) is 8.54. The molecule has 0 radical (unpaired) electrons. The van der Waals surface area contributed by atoms with E-state index in [-0.39, 0.29) is 24.1 Å². The average molecular weight is 545 g/mol. The fraction of sp³-hybridized carbons (Fsp3) is 0.794. The summed E-state index contributed by atoms with van der Waals surface area (Å²) in [7, 11) is 0. The maximum Gasteiger partial charge on any atom is 0.311 e. The topological polar surface area (TPSA) is 68.3 Å². The lowest BCUT2D eigenvalue weighted by molar-refractivity contribution is -0.134. The maximum absolute atomic E-state index is 12.5. The van der Waals surface area contributed by atoms with E-state index >= 15 is 0 Å². The lowest BCUT2D eigenvalue weighted by Crippen LogP contribution is -2.37. The maximum atomic E-state index is 12.5. The molecular formula is C34H56O5. The van der Waals surface area contributed by atoms with Crippen LogP contribution >= 0.6 is 0 Å². The number of ether oxygens (including phenoxy) is 3. The van der Waals surface area contributed by atoms with E-state index in [9.17, 15) is 9.90 Å². The number of aliphatic hydroxyl groups is 1. The molecule has 0 aromatic heterocycles. The van der Waals surface area contributed by atoms with Gasteiger partial charge >= 0.3 is 5.97 Å². The van der Waals surface area contributed by atoms with Gasteiger partial charge in [0.1, 0.15) is 23.2 Å². The van der Waals surface area contributed by atoms with Crippen LogP contribution in [-0.4, -0.2) is 29.1 Å². The molecule has 1 saturated heterocycles. The first-order valence-electron chi connectivity index (χ1n) is 15.8. The number of carbonyl (C=O) groups is 1. The third kappa shape index (κ3) is 9.49. The molecule has 222 valence electrons. The number of fused-ring (bicyclic) bond motifs is 1. The Morgan fingerprint density at radius 3 is 2.13 bits per heavy atom. The Labute approximate surface area is 238 Å². The number of hydrogen-bond donors (Lipinski definition) is 1. The highest BCUT2D eigenvalue weighted by Gasteiger charge is 2.37. The summed E-state index contributed by atoms with van der Waals surface area (Å²) >= 11 is 0. The second-order valence-electron chi connectivity index (χ2n) is 13.5. The van der Waals surface area contributed by atoms with Crippen molar-refractivity contribution in [1.29, 1.82) is 0 Å². The molecule has 39 heavy (non-hydrogen) atoms. The molecule has 1 aromatic carbocycles. The van der Waals surface area contributed by atoms with E-state index < -0.39 is 6.29 Å². The van der Waals surface area contributed by atoms with Gasteiger partial charge in [-0.2, -0.15) is 0 Å². The number of esters is 1. The molecule has 0 spiro atoms. The highest BCUT2D eigenvalue weighted by Crippen LogP contribution is 2.45. The Morgan fingerprint density at radius 2 is 1.54 bits per heavy atom. The van der Waals surface area contributed by atoms with Crippen molar-refractivity contribution in [1.82, 2.24) is 0 Å². The lowest BCUT2D eigenvalue weighted by atomic mass is 9.83. The summed E-state index contributed by atoms with van der Waals surface area (Å²) < 4.78 is 17.6. The van der Waals surface area contributed by atoms with E-state index in [0.29, 0.717) is 12.2 Å². The number of rotatable bonds is 16. The van der Waals surface area contributed by atoms with Gasteiger partial charge in [-0.05, 0) is 94.2 Å². The van der Waals surface area contributed by atoms with Crippen LogP contribution in [0.4, 0.5) is 0 Å². The zero-order chi connectivity index (χ0) is 28.7. The summed E-state index contributed by atoms with van der Waals surface area (Å²) in [6.45, 7) is 17.9. The Kier molecular flexibility index (Phi) is 11.7. The zero-order valence-corrected chi connectivity index (χ0v) is 26.2. The second kappa shape index (κ2) is 14.3. The van der Waals surface area contributed by atoms with Crippen LogP contribution in [-0.2, 0) is 16.0 Å². The standard InChI is InChI=1S/C34H56O5/c1-22(2)12-9-13-23(3)14-10-15-24(4)16-11-20-34(8)21-19-28-27(7)31(25(5)26(6)32(28)39-34)38-30(35)18-17-29-33(36)37-29/h22-24,29,33,36H,9-21H2,1-8H3/t23-,24-,29?,33?,34-/m1/s1. The molecule has 1 aromatic rings. The quantitative estimate of drug-likeness (QED) is 0.128. The third-order valence-corrected chi connectivity index (χ3v) is 9.24. The molecule has 1 fully saturated rings. The SMILES string of the molecule is Cc1c(C)c2c(c(C)c1OC(=O)CCC1OC1O)CC[C@@](C)(CCC[C@H](C)CCC[C@H](C)CCCC(C)C)O2. The van der Waals surface area contributed by atoms with Crippen molar-refractivity contribution < 1.29 is 24.1 Å². The minimum Gasteiger partial charge on any atom is -0.487 e. The normalized spacial score (nSPS) is 23.7. The van der Waals surface area contributed by atoms with E-state index in [2.05, 4.69) is 41.5 Å². The Balaban J connectivity index is 1.46. The Hall–Kier alpha value is -1.59. The van der Waals surface area contributed by atoms with Crippen LogP contribution in [0.25, 0.3) is 0 Å². The van der Waals surface area contributed by atoms with Crippen LogP contribution in [0.5, 0.6) is 11.5 Å². The summed E-state index contributed by atoms with van der Waals surface area (Å²) in [5.41, 5.74) is 4.08. The molecule has 2 aliphatic rings. The van der Waals surface area contributed by atoms with Crippen LogP contribution in [0.2, 0.25) is 0 Å². The van der Waals surface area contributed by atoms with Crippen LogP contribution in [0.1, 0.15) is 134 Å². The van der Waals surface area contributed by atoms with Gasteiger partial charge in [-0.1, -0.05) is 72.6 Å². The number of aliphatic hydroxyl groups excluding tert-OH is 1. The zero-order valence-electron chi connectivity index (χ0n) is 26.2. The number of epoxide rings is 1. The summed E-state index contributed by atoms with van der Waals surface area (Å²) in [4.78, 5) is 12.5. The van der Waals surface area contributed by atoms with Crippen molar-refractivity contribution >= 4 is 5.97 Å². The van der Waals surface area contributed by atoms with Crippen molar-refractivity contribution in [2.75, 3.05) is 0 Å². The predicted molar refractivity (Wildman–Crippen MR) is 158 cm³/mol. The van der Waals surface area contributed by atoms with Gasteiger partial charge in [0, 0.05) is 12.0 Å². The molecule has 0 bridgehead atoms. The molecule has 2 unspecified atom stereocenters. The molecule has 0 aliphatic carbocycles. The minimum absolute atomic E-state index is 0.148. The molecule has 5 atom stereocenters. The van der Waals surface area contributed by atoms with Gasteiger partial charge in [0.25, 0.3) is 0 Å². The van der Waals surface area contributed by atoms with Gasteiger partial charge in [-0.15, -0.1) is 0 Å². The van der Waals surface area contributed by atoms with Crippen molar-refractivity contribution in [3.63, 3.8) is 0 Å². The van der Waals surface area contributed by atoms with E-state index in [1.807, 2.05) is 13.8 Å². The van der Waals surface area contributed by atoms with Gasteiger partial charge < -0.3 is 19.3 Å². The molecule has 2 aliphatic heterocycles. The summed E-state index contributed by atoms with van der Waals surface area (Å²) in [6.07, 6.45) is 13.4. The van der Waals surface area contributed by atoms with Crippen molar-refractivity contribution in [3.05, 3.63) is 22.3 Å². The molecule has 5 nitrogen and oxygen atoms in total. The molecule has 0 amide bonds. The minimum atomic E-state index is -0.722. The summed E-state index contributed by atoms with van der Waals surface area (Å²) in [5.74, 6) is 3.84. The van der Waals surface area contributed by atoms with Crippen LogP contribution in [0, 0.1) is 38.5 Å².